The van der Waals surface area contributed by atoms with Crippen LogP contribution < -0.4 is 0 Å². The zero-order valence-electron chi connectivity index (χ0n) is 26.4. The van der Waals surface area contributed by atoms with Crippen LogP contribution in [-0.4, -0.2) is 17.5 Å². The van der Waals surface area contributed by atoms with Gasteiger partial charge in [-0.15, -0.1) is 0 Å². The molecule has 0 saturated heterocycles. The summed E-state index contributed by atoms with van der Waals surface area (Å²) in [7, 11) is 0. The average molecular weight is 559 g/mol. The molecule has 0 unspecified atom stereocenters. The number of ketones is 2. The number of benzene rings is 1. The summed E-state index contributed by atoms with van der Waals surface area (Å²) in [5.74, 6) is 0.905. The van der Waals surface area contributed by atoms with E-state index in [9.17, 15) is 14.4 Å². The first-order valence-electron chi connectivity index (χ1n) is 16.1. The van der Waals surface area contributed by atoms with Gasteiger partial charge in [-0.25, -0.2) is 0 Å². The SMILES string of the molecule is CC1(C)C(=O)CC[C@]2(C)[C@H]3C(=O)C=C4[C@@H]5C[C@@](C)(C(=O)OCc6ccccc6)CC[C@]5(C)CC[C@@]4(C)[C@]3(C)CC[C@@H]12. The van der Waals surface area contributed by atoms with Crippen molar-refractivity contribution in [3.63, 3.8) is 0 Å². The lowest BCUT2D eigenvalue weighted by Crippen LogP contribution is -2.66. The van der Waals surface area contributed by atoms with Crippen LogP contribution in [-0.2, 0) is 25.7 Å². The zero-order chi connectivity index (χ0) is 29.6. The number of fused-ring (bicyclic) bond motifs is 7. The molecule has 1 aromatic rings. The third-order valence-corrected chi connectivity index (χ3v) is 14.0. The number of esters is 1. The number of ether oxygens (including phenoxy) is 1. The molecule has 4 nitrogen and oxygen atoms in total. The van der Waals surface area contributed by atoms with E-state index in [2.05, 4.69) is 54.5 Å². The Morgan fingerprint density at radius 3 is 2.27 bits per heavy atom. The van der Waals surface area contributed by atoms with E-state index in [-0.39, 0.29) is 56.6 Å². The molecule has 4 heteroatoms. The van der Waals surface area contributed by atoms with Crippen molar-refractivity contribution in [1.29, 1.82) is 0 Å². The Kier molecular flexibility index (Phi) is 6.43. The van der Waals surface area contributed by atoms with Gasteiger partial charge in [0.1, 0.15) is 12.4 Å². The van der Waals surface area contributed by atoms with Crippen LogP contribution in [0.5, 0.6) is 0 Å². The summed E-state index contributed by atoms with van der Waals surface area (Å²) in [6.07, 6.45) is 10.2. The molecule has 5 aliphatic rings. The summed E-state index contributed by atoms with van der Waals surface area (Å²) in [6.45, 7) is 16.2. The molecule has 6 rings (SSSR count). The van der Waals surface area contributed by atoms with E-state index in [1.807, 2.05) is 30.3 Å². The Bertz CT molecular complexity index is 1310. The second-order valence-corrected chi connectivity index (χ2v) is 16.5. The normalized spacial score (nSPS) is 45.0. The van der Waals surface area contributed by atoms with Crippen LogP contribution in [0.2, 0.25) is 0 Å². The van der Waals surface area contributed by atoms with Crippen LogP contribution in [0.3, 0.4) is 0 Å². The van der Waals surface area contributed by atoms with Crippen molar-refractivity contribution in [1.82, 2.24) is 0 Å². The van der Waals surface area contributed by atoms with Gasteiger partial charge in [-0.05, 0) is 103 Å². The van der Waals surface area contributed by atoms with Crippen molar-refractivity contribution in [3.8, 4) is 0 Å². The lowest BCUT2D eigenvalue weighted by atomic mass is 9.33. The molecule has 0 heterocycles. The van der Waals surface area contributed by atoms with Gasteiger partial charge >= 0.3 is 5.97 Å². The number of carbonyl (C=O) groups excluding carboxylic acids is 3. The Balaban J connectivity index is 1.34. The van der Waals surface area contributed by atoms with Gasteiger partial charge in [-0.3, -0.25) is 14.4 Å². The van der Waals surface area contributed by atoms with Crippen LogP contribution in [0, 0.1) is 50.2 Å². The molecular formula is C37H50O4. The lowest BCUT2D eigenvalue weighted by molar-refractivity contribution is -0.188. The van der Waals surface area contributed by atoms with Crippen LogP contribution >= 0.6 is 0 Å². The quantitative estimate of drug-likeness (QED) is 0.350. The summed E-state index contributed by atoms with van der Waals surface area (Å²) in [5.41, 5.74) is 1.05. The summed E-state index contributed by atoms with van der Waals surface area (Å²) in [4.78, 5) is 41.1. The van der Waals surface area contributed by atoms with Crippen molar-refractivity contribution in [2.75, 3.05) is 0 Å². The monoisotopic (exact) mass is 558 g/mol. The minimum absolute atomic E-state index is 0.0648. The van der Waals surface area contributed by atoms with Gasteiger partial charge < -0.3 is 4.74 Å². The van der Waals surface area contributed by atoms with Gasteiger partial charge in [0.25, 0.3) is 0 Å². The summed E-state index contributed by atoms with van der Waals surface area (Å²) in [5, 5.41) is 0. The molecule has 222 valence electrons. The van der Waals surface area contributed by atoms with Gasteiger partial charge in [-0.2, -0.15) is 0 Å². The first-order valence-corrected chi connectivity index (χ1v) is 16.1. The second kappa shape index (κ2) is 9.13. The molecule has 4 saturated carbocycles. The number of hydrogen-bond acceptors (Lipinski definition) is 4. The highest BCUT2D eigenvalue weighted by atomic mass is 16.5. The first-order chi connectivity index (χ1) is 19.1. The largest absolute Gasteiger partial charge is 0.460 e. The van der Waals surface area contributed by atoms with Gasteiger partial charge in [0.15, 0.2) is 5.78 Å². The third-order valence-electron chi connectivity index (χ3n) is 14.0. The Morgan fingerprint density at radius 1 is 0.878 bits per heavy atom. The maximum absolute atomic E-state index is 14.5. The van der Waals surface area contributed by atoms with Crippen LogP contribution in [0.15, 0.2) is 42.0 Å². The molecule has 1 aromatic carbocycles. The zero-order valence-corrected chi connectivity index (χ0v) is 26.4. The molecule has 0 spiro atoms. The van der Waals surface area contributed by atoms with Crippen molar-refractivity contribution in [2.45, 2.75) is 113 Å². The topological polar surface area (TPSA) is 60.4 Å². The van der Waals surface area contributed by atoms with Crippen molar-refractivity contribution in [3.05, 3.63) is 47.5 Å². The summed E-state index contributed by atoms with van der Waals surface area (Å²) >= 11 is 0. The van der Waals surface area contributed by atoms with Crippen molar-refractivity contribution in [2.24, 2.45) is 50.2 Å². The lowest BCUT2D eigenvalue weighted by Gasteiger charge is -2.69. The van der Waals surface area contributed by atoms with Gasteiger partial charge in [-0.1, -0.05) is 77.4 Å². The number of hydrogen-bond donors (Lipinski definition) is 0. The van der Waals surface area contributed by atoms with Gasteiger partial charge in [0.2, 0.25) is 0 Å². The van der Waals surface area contributed by atoms with E-state index in [1.165, 1.54) is 5.57 Å². The van der Waals surface area contributed by atoms with E-state index >= 15 is 0 Å². The van der Waals surface area contributed by atoms with E-state index in [1.54, 1.807) is 0 Å². The highest BCUT2D eigenvalue weighted by Gasteiger charge is 2.70. The minimum atomic E-state index is -0.559. The minimum Gasteiger partial charge on any atom is -0.460 e. The molecule has 0 bridgehead atoms. The Labute approximate surface area is 247 Å². The van der Waals surface area contributed by atoms with Gasteiger partial charge in [0.05, 0.1) is 5.41 Å². The van der Waals surface area contributed by atoms with E-state index < -0.39 is 5.41 Å². The third kappa shape index (κ3) is 3.94. The molecule has 8 atom stereocenters. The number of carbonyl (C=O) groups is 3. The Morgan fingerprint density at radius 2 is 1.56 bits per heavy atom. The summed E-state index contributed by atoms with van der Waals surface area (Å²) < 4.78 is 5.92. The molecule has 0 aromatic heterocycles. The highest BCUT2D eigenvalue weighted by molar-refractivity contribution is 5.96. The molecule has 41 heavy (non-hydrogen) atoms. The molecule has 0 N–H and O–H groups in total. The summed E-state index contributed by atoms with van der Waals surface area (Å²) in [6, 6.07) is 9.91. The average Bonchev–Trinajstić information content (AvgIpc) is 2.92. The molecular weight excluding hydrogens is 508 g/mol. The standard InChI is InChI=1S/C37H50O4/c1-32(2)28-13-16-37(7)30(35(28,5)15-14-29(32)39)27(38)21-25-26-22-34(4,18-17-33(26,3)19-20-36(25,37)6)31(40)41-23-24-11-9-8-10-12-24/h8-12,21,26,28,30H,13-20,22-23H2,1-7H3/t26-,28-,30+,33+,34-,35-,36+,37+/m0/s1. The van der Waals surface area contributed by atoms with Crippen LogP contribution in [0.4, 0.5) is 0 Å². The number of allylic oxidation sites excluding steroid dienone is 2. The number of rotatable bonds is 3. The van der Waals surface area contributed by atoms with Crippen LogP contribution in [0.25, 0.3) is 0 Å². The van der Waals surface area contributed by atoms with E-state index in [0.717, 1.165) is 56.9 Å². The maximum Gasteiger partial charge on any atom is 0.312 e. The fourth-order valence-electron chi connectivity index (χ4n) is 11.1. The van der Waals surface area contributed by atoms with E-state index in [0.29, 0.717) is 18.8 Å². The molecule has 5 aliphatic carbocycles. The number of Topliss-reactive ketones (excluding diaryl/α,β-unsaturated/α-hetero) is 1. The van der Waals surface area contributed by atoms with Crippen molar-refractivity contribution < 1.29 is 19.1 Å². The predicted octanol–water partition coefficient (Wildman–Crippen LogP) is 8.28. The second-order valence-electron chi connectivity index (χ2n) is 16.5. The molecule has 4 fully saturated rings. The molecule has 0 radical (unpaired) electrons. The van der Waals surface area contributed by atoms with Crippen molar-refractivity contribution >= 4 is 17.5 Å². The smallest absolute Gasteiger partial charge is 0.312 e. The van der Waals surface area contributed by atoms with E-state index in [4.69, 9.17) is 4.74 Å². The predicted molar refractivity (Wildman–Crippen MR) is 161 cm³/mol. The molecule has 0 amide bonds. The fourth-order valence-corrected chi connectivity index (χ4v) is 11.1. The fraction of sp³-hybridized carbons (Fsp3) is 0.703. The highest BCUT2D eigenvalue weighted by Crippen LogP contribution is 2.74. The van der Waals surface area contributed by atoms with Gasteiger partial charge in [0, 0.05) is 17.8 Å². The van der Waals surface area contributed by atoms with Crippen LogP contribution in [0.1, 0.15) is 112 Å². The Hall–Kier alpha value is -2.23. The first kappa shape index (κ1) is 28.9. The molecule has 0 aliphatic heterocycles. The maximum atomic E-state index is 14.5.